The van der Waals surface area contributed by atoms with E-state index >= 15 is 0 Å². The van der Waals surface area contributed by atoms with Crippen LogP contribution >= 0.6 is 0 Å². The standard InChI is InChI=1S/C15H12F3NO.2C2H6/c1-10(20)13-7-2-3-8-14(13)19-12-6-4-5-11(9-12)15(16,17)18;2*1-2/h2-9,19H,1H3;2*1-2H3. The molecule has 2 aromatic rings. The second-order valence-electron chi connectivity index (χ2n) is 4.31. The van der Waals surface area contributed by atoms with Crippen molar-refractivity contribution in [2.75, 3.05) is 5.32 Å². The van der Waals surface area contributed by atoms with Crippen LogP contribution in [0.5, 0.6) is 0 Å². The van der Waals surface area contributed by atoms with Crippen LogP contribution in [0.3, 0.4) is 0 Å². The van der Waals surface area contributed by atoms with Gasteiger partial charge in [0.1, 0.15) is 0 Å². The fraction of sp³-hybridized carbons (Fsp3) is 0.316. The third-order valence-electron chi connectivity index (χ3n) is 2.78. The lowest BCUT2D eigenvalue weighted by molar-refractivity contribution is -0.137. The summed E-state index contributed by atoms with van der Waals surface area (Å²) < 4.78 is 37.9. The van der Waals surface area contributed by atoms with E-state index in [1.165, 1.54) is 19.1 Å². The van der Waals surface area contributed by atoms with Gasteiger partial charge >= 0.3 is 6.18 Å². The van der Waals surface area contributed by atoms with Gasteiger partial charge in [-0.1, -0.05) is 45.9 Å². The van der Waals surface area contributed by atoms with Crippen LogP contribution in [0.25, 0.3) is 0 Å². The summed E-state index contributed by atoms with van der Waals surface area (Å²) in [5.41, 5.74) is 0.473. The topological polar surface area (TPSA) is 29.1 Å². The molecule has 0 bridgehead atoms. The number of hydrogen-bond donors (Lipinski definition) is 1. The second kappa shape index (κ2) is 10.5. The summed E-state index contributed by atoms with van der Waals surface area (Å²) in [4.78, 5) is 11.5. The molecule has 0 amide bonds. The molecule has 2 aromatic carbocycles. The Labute approximate surface area is 141 Å². The largest absolute Gasteiger partial charge is 0.416 e. The quantitative estimate of drug-likeness (QED) is 0.630. The van der Waals surface area contributed by atoms with E-state index in [1.54, 1.807) is 24.3 Å². The molecular weight excluding hydrogens is 315 g/mol. The first-order valence-electron chi connectivity index (χ1n) is 7.92. The van der Waals surface area contributed by atoms with Crippen molar-refractivity contribution in [3.8, 4) is 0 Å². The van der Waals surface area contributed by atoms with Crippen molar-refractivity contribution in [2.45, 2.75) is 40.8 Å². The molecule has 0 fully saturated rings. The first-order chi connectivity index (χ1) is 11.4. The van der Waals surface area contributed by atoms with Gasteiger partial charge in [0.25, 0.3) is 0 Å². The van der Waals surface area contributed by atoms with Gasteiger partial charge in [-0.25, -0.2) is 0 Å². The molecule has 24 heavy (non-hydrogen) atoms. The van der Waals surface area contributed by atoms with Crippen LogP contribution in [0, 0.1) is 0 Å². The van der Waals surface area contributed by atoms with E-state index in [0.29, 0.717) is 11.3 Å². The Balaban J connectivity index is 0.00000123. The van der Waals surface area contributed by atoms with Crippen molar-refractivity contribution < 1.29 is 18.0 Å². The van der Waals surface area contributed by atoms with E-state index in [-0.39, 0.29) is 11.5 Å². The minimum atomic E-state index is -4.39. The molecule has 0 atom stereocenters. The maximum absolute atomic E-state index is 12.6. The monoisotopic (exact) mass is 339 g/mol. The third kappa shape index (κ3) is 6.44. The van der Waals surface area contributed by atoms with Gasteiger partial charge in [0.15, 0.2) is 5.78 Å². The molecule has 0 saturated heterocycles. The predicted octanol–water partition coefficient (Wildman–Crippen LogP) is 6.70. The summed E-state index contributed by atoms with van der Waals surface area (Å²) in [7, 11) is 0. The highest BCUT2D eigenvalue weighted by Gasteiger charge is 2.30. The van der Waals surface area contributed by atoms with Gasteiger partial charge in [0.2, 0.25) is 0 Å². The highest BCUT2D eigenvalue weighted by Crippen LogP contribution is 2.31. The average Bonchev–Trinajstić information content (AvgIpc) is 2.58. The number of rotatable bonds is 3. The Hall–Kier alpha value is -2.30. The molecule has 0 aliphatic heterocycles. The van der Waals surface area contributed by atoms with Crippen LogP contribution in [0.2, 0.25) is 0 Å². The lowest BCUT2D eigenvalue weighted by Crippen LogP contribution is -2.06. The molecular formula is C19H24F3NO. The average molecular weight is 339 g/mol. The Morgan fingerprint density at radius 3 is 2.04 bits per heavy atom. The molecule has 0 aliphatic rings. The number of Topliss-reactive ketones (excluding diaryl/α,β-unsaturated/α-hetero) is 1. The van der Waals surface area contributed by atoms with E-state index in [1.807, 2.05) is 27.7 Å². The number of nitrogens with one attached hydrogen (secondary N) is 1. The van der Waals surface area contributed by atoms with Crippen molar-refractivity contribution in [3.63, 3.8) is 0 Å². The molecule has 0 unspecified atom stereocenters. The first-order valence-corrected chi connectivity index (χ1v) is 7.92. The zero-order chi connectivity index (χ0) is 18.8. The zero-order valence-electron chi connectivity index (χ0n) is 14.7. The summed E-state index contributed by atoms with van der Waals surface area (Å²) in [5.74, 6) is -0.153. The van der Waals surface area contributed by atoms with Crippen molar-refractivity contribution in [2.24, 2.45) is 0 Å². The molecule has 132 valence electrons. The molecule has 2 nitrogen and oxygen atoms in total. The Kier molecular flexibility index (Phi) is 9.47. The maximum Gasteiger partial charge on any atom is 0.416 e. The molecule has 0 heterocycles. The smallest absolute Gasteiger partial charge is 0.355 e. The fourth-order valence-electron chi connectivity index (χ4n) is 1.83. The Bertz CT molecular complexity index is 637. The summed E-state index contributed by atoms with van der Waals surface area (Å²) in [5, 5.41) is 2.85. The van der Waals surface area contributed by atoms with Crippen LogP contribution in [-0.2, 0) is 6.18 Å². The predicted molar refractivity (Wildman–Crippen MR) is 93.9 cm³/mol. The number of alkyl halides is 3. The lowest BCUT2D eigenvalue weighted by atomic mass is 10.1. The van der Waals surface area contributed by atoms with Gasteiger partial charge in [0.05, 0.1) is 5.56 Å². The number of benzene rings is 2. The minimum Gasteiger partial charge on any atom is -0.355 e. The minimum absolute atomic E-state index is 0.153. The van der Waals surface area contributed by atoms with Crippen LogP contribution in [-0.4, -0.2) is 5.78 Å². The van der Waals surface area contributed by atoms with Crippen molar-refractivity contribution in [1.82, 2.24) is 0 Å². The van der Waals surface area contributed by atoms with Crippen LogP contribution < -0.4 is 5.32 Å². The second-order valence-corrected chi connectivity index (χ2v) is 4.31. The molecule has 0 spiro atoms. The normalized spacial score (nSPS) is 9.83. The van der Waals surface area contributed by atoms with E-state index in [4.69, 9.17) is 0 Å². The number of para-hydroxylation sites is 1. The Morgan fingerprint density at radius 2 is 1.50 bits per heavy atom. The molecule has 0 aliphatic carbocycles. The zero-order valence-corrected chi connectivity index (χ0v) is 14.7. The summed E-state index contributed by atoms with van der Waals surface area (Å²) in [6.07, 6.45) is -4.39. The van der Waals surface area contributed by atoms with Crippen molar-refractivity contribution in [1.29, 1.82) is 0 Å². The van der Waals surface area contributed by atoms with E-state index in [2.05, 4.69) is 5.32 Å². The molecule has 0 saturated carbocycles. The number of carbonyl (C=O) groups excluding carboxylic acids is 1. The highest BCUT2D eigenvalue weighted by molar-refractivity contribution is 6.00. The molecule has 0 aromatic heterocycles. The third-order valence-corrected chi connectivity index (χ3v) is 2.78. The van der Waals surface area contributed by atoms with Gasteiger partial charge in [-0.05, 0) is 37.3 Å². The first kappa shape index (κ1) is 21.7. The number of ketones is 1. The van der Waals surface area contributed by atoms with Crippen molar-refractivity contribution in [3.05, 3.63) is 59.7 Å². The molecule has 1 N–H and O–H groups in total. The van der Waals surface area contributed by atoms with Gasteiger partial charge in [-0.3, -0.25) is 4.79 Å². The van der Waals surface area contributed by atoms with Gasteiger partial charge in [-0.15, -0.1) is 0 Å². The van der Waals surface area contributed by atoms with E-state index in [9.17, 15) is 18.0 Å². The van der Waals surface area contributed by atoms with Crippen LogP contribution in [0.4, 0.5) is 24.5 Å². The Morgan fingerprint density at radius 1 is 0.917 bits per heavy atom. The van der Waals surface area contributed by atoms with Gasteiger partial charge in [-0.2, -0.15) is 13.2 Å². The maximum atomic E-state index is 12.6. The number of anilines is 2. The fourth-order valence-corrected chi connectivity index (χ4v) is 1.83. The molecule has 5 heteroatoms. The summed E-state index contributed by atoms with van der Waals surface area (Å²) in [6.45, 7) is 9.41. The van der Waals surface area contributed by atoms with E-state index < -0.39 is 11.7 Å². The van der Waals surface area contributed by atoms with Crippen LogP contribution in [0.1, 0.15) is 50.5 Å². The highest BCUT2D eigenvalue weighted by atomic mass is 19.4. The SMILES string of the molecule is CC.CC.CC(=O)c1ccccc1Nc1cccc(C(F)(F)F)c1. The summed E-state index contributed by atoms with van der Waals surface area (Å²) in [6, 6.07) is 11.5. The van der Waals surface area contributed by atoms with Gasteiger partial charge < -0.3 is 5.32 Å². The van der Waals surface area contributed by atoms with Crippen molar-refractivity contribution >= 4 is 17.2 Å². The van der Waals surface area contributed by atoms with E-state index in [0.717, 1.165) is 12.1 Å². The molecule has 2 rings (SSSR count). The number of carbonyl (C=O) groups is 1. The van der Waals surface area contributed by atoms with Crippen LogP contribution in [0.15, 0.2) is 48.5 Å². The lowest BCUT2D eigenvalue weighted by Gasteiger charge is -2.12. The number of halogens is 3. The van der Waals surface area contributed by atoms with Gasteiger partial charge in [0, 0.05) is 16.9 Å². The number of hydrogen-bond acceptors (Lipinski definition) is 2. The summed E-state index contributed by atoms with van der Waals surface area (Å²) >= 11 is 0. The molecule has 0 radical (unpaired) electrons.